The predicted octanol–water partition coefficient (Wildman–Crippen LogP) is 4.78. The quantitative estimate of drug-likeness (QED) is 0.630. The van der Waals surface area contributed by atoms with Crippen molar-refractivity contribution in [3.8, 4) is 0 Å². The molecule has 2 aromatic carbocycles. The van der Waals surface area contributed by atoms with Crippen LogP contribution in [0, 0.1) is 11.3 Å². The zero-order chi connectivity index (χ0) is 25.9. The van der Waals surface area contributed by atoms with Crippen LogP contribution in [0.5, 0.6) is 0 Å². The molecule has 2 aromatic rings. The summed E-state index contributed by atoms with van der Waals surface area (Å²) in [5.74, 6) is -0.155. The molecule has 5 rings (SSSR count). The minimum atomic E-state index is -4.00. The number of benzene rings is 2. The highest BCUT2D eigenvalue weighted by Gasteiger charge is 2.52. The van der Waals surface area contributed by atoms with Crippen LogP contribution in [0.25, 0.3) is 0 Å². The second kappa shape index (κ2) is 8.72. The summed E-state index contributed by atoms with van der Waals surface area (Å²) < 4.78 is 26.4. The van der Waals surface area contributed by atoms with Gasteiger partial charge in [-0.1, -0.05) is 64.4 Å². The summed E-state index contributed by atoms with van der Waals surface area (Å²) in [5.41, 5.74) is 4.37. The largest absolute Gasteiger partial charge is 0.354 e. The summed E-state index contributed by atoms with van der Waals surface area (Å²) in [6.45, 7) is 9.09. The van der Waals surface area contributed by atoms with Crippen LogP contribution in [-0.4, -0.2) is 37.6 Å². The van der Waals surface area contributed by atoms with Crippen molar-refractivity contribution in [1.29, 1.82) is 0 Å². The molecule has 2 aliphatic carbocycles. The highest BCUT2D eigenvalue weighted by atomic mass is 32.2. The van der Waals surface area contributed by atoms with Crippen molar-refractivity contribution >= 4 is 21.8 Å². The molecule has 6 nitrogen and oxygen atoms in total. The lowest BCUT2D eigenvalue weighted by atomic mass is 9.49. The summed E-state index contributed by atoms with van der Waals surface area (Å²) in [6, 6.07) is 13.1. The summed E-state index contributed by atoms with van der Waals surface area (Å²) in [5, 5.41) is 3.01. The molecule has 0 bridgehead atoms. The maximum absolute atomic E-state index is 12.9. The molecule has 192 valence electrons. The molecule has 3 atom stereocenters. The average molecular weight is 509 g/mol. The molecule has 0 radical (unpaired) electrons. The molecule has 1 aliphatic heterocycles. The van der Waals surface area contributed by atoms with Gasteiger partial charge in [0.1, 0.15) is 11.4 Å². The molecule has 1 heterocycles. The van der Waals surface area contributed by atoms with E-state index in [0.29, 0.717) is 22.7 Å². The van der Waals surface area contributed by atoms with Crippen molar-refractivity contribution in [3.05, 3.63) is 64.7 Å². The van der Waals surface area contributed by atoms with Gasteiger partial charge >= 0.3 is 0 Å². The zero-order valence-corrected chi connectivity index (χ0v) is 22.5. The van der Waals surface area contributed by atoms with E-state index in [1.54, 1.807) is 12.1 Å². The zero-order valence-electron chi connectivity index (χ0n) is 21.6. The molecule has 0 spiro atoms. The van der Waals surface area contributed by atoms with Crippen molar-refractivity contribution < 1.29 is 18.0 Å². The van der Waals surface area contributed by atoms with E-state index in [4.69, 9.17) is 0 Å². The van der Waals surface area contributed by atoms with E-state index < -0.39 is 28.4 Å². The Balaban J connectivity index is 1.31. The lowest BCUT2D eigenvalue weighted by molar-refractivity contribution is -0.122. The van der Waals surface area contributed by atoms with Crippen LogP contribution >= 0.6 is 0 Å². The van der Waals surface area contributed by atoms with Gasteiger partial charge in [0.2, 0.25) is 5.91 Å². The molecule has 3 aliphatic rings. The standard InChI is InChI=1S/C29H36N2O4S/c1-19(2)20-10-12-23-21(16-20)11-13-25-28(3,14-7-15-29(23,25)4)18-30-26(32)17-31-27(33)22-8-5-6-9-24(22)36(31,34)35/h5-6,8-10,12,16,19,25H,7,11,13-15,17-18H2,1-4H3,(H,30,32). The van der Waals surface area contributed by atoms with Gasteiger partial charge in [0, 0.05) is 6.54 Å². The Bertz CT molecular complexity index is 1330. The number of hydrogen-bond donors (Lipinski definition) is 1. The third-order valence-electron chi connectivity index (χ3n) is 9.06. The number of hydrogen-bond acceptors (Lipinski definition) is 4. The van der Waals surface area contributed by atoms with Gasteiger partial charge in [0.05, 0.1) is 5.56 Å². The first-order chi connectivity index (χ1) is 17.0. The van der Waals surface area contributed by atoms with Gasteiger partial charge in [-0.05, 0) is 77.2 Å². The monoisotopic (exact) mass is 508 g/mol. The molecule has 0 aromatic heterocycles. The Morgan fingerprint density at radius 2 is 1.89 bits per heavy atom. The van der Waals surface area contributed by atoms with Gasteiger partial charge in [0.25, 0.3) is 15.9 Å². The first kappa shape index (κ1) is 25.0. The summed E-state index contributed by atoms with van der Waals surface area (Å²) >= 11 is 0. The average Bonchev–Trinajstić information content (AvgIpc) is 3.03. The number of carbonyl (C=O) groups excluding carboxylic acids is 2. The maximum atomic E-state index is 12.9. The van der Waals surface area contributed by atoms with Gasteiger partial charge in [-0.15, -0.1) is 0 Å². The van der Waals surface area contributed by atoms with Crippen molar-refractivity contribution in [1.82, 2.24) is 9.62 Å². The van der Waals surface area contributed by atoms with Crippen LogP contribution in [0.1, 0.15) is 86.3 Å². The molecule has 3 unspecified atom stereocenters. The van der Waals surface area contributed by atoms with E-state index in [2.05, 4.69) is 51.2 Å². The lowest BCUT2D eigenvalue weighted by Crippen LogP contribution is -2.54. The Kier molecular flexibility index (Phi) is 6.05. The fraction of sp³-hybridized carbons (Fsp3) is 0.517. The van der Waals surface area contributed by atoms with Crippen LogP contribution in [0.3, 0.4) is 0 Å². The minimum Gasteiger partial charge on any atom is -0.354 e. The second-order valence-electron chi connectivity index (χ2n) is 11.7. The van der Waals surface area contributed by atoms with E-state index >= 15 is 0 Å². The fourth-order valence-electron chi connectivity index (χ4n) is 7.09. The maximum Gasteiger partial charge on any atom is 0.269 e. The van der Waals surface area contributed by atoms with Crippen molar-refractivity contribution in [2.75, 3.05) is 13.1 Å². The molecule has 36 heavy (non-hydrogen) atoms. The Morgan fingerprint density at radius 1 is 1.14 bits per heavy atom. The van der Waals surface area contributed by atoms with Gasteiger partial charge in [-0.25, -0.2) is 12.7 Å². The lowest BCUT2D eigenvalue weighted by Gasteiger charge is -2.55. The number of aryl methyl sites for hydroxylation is 1. The summed E-state index contributed by atoms with van der Waals surface area (Å²) in [6.07, 6.45) is 5.34. The van der Waals surface area contributed by atoms with Crippen molar-refractivity contribution in [2.24, 2.45) is 11.3 Å². The van der Waals surface area contributed by atoms with E-state index in [1.165, 1.54) is 28.8 Å². The van der Waals surface area contributed by atoms with Gasteiger partial charge in [0.15, 0.2) is 0 Å². The smallest absolute Gasteiger partial charge is 0.269 e. The summed E-state index contributed by atoms with van der Waals surface area (Å²) in [4.78, 5) is 25.6. The number of nitrogens with zero attached hydrogens (tertiary/aromatic N) is 1. The molecule has 7 heteroatoms. The Morgan fingerprint density at radius 3 is 2.61 bits per heavy atom. The third-order valence-corrected chi connectivity index (χ3v) is 10.8. The van der Waals surface area contributed by atoms with E-state index in [-0.39, 0.29) is 21.3 Å². The summed E-state index contributed by atoms with van der Waals surface area (Å²) in [7, 11) is -4.00. The number of carbonyl (C=O) groups is 2. The highest BCUT2D eigenvalue weighted by molar-refractivity contribution is 7.90. The Labute approximate surface area is 214 Å². The Hall–Kier alpha value is -2.67. The number of rotatable bonds is 5. The molecule has 1 N–H and O–H groups in total. The van der Waals surface area contributed by atoms with Gasteiger partial charge in [-0.2, -0.15) is 0 Å². The number of nitrogens with one attached hydrogen (secondary N) is 1. The SMILES string of the molecule is CC(C)c1ccc2c(c1)CCC1C(C)(CNC(=O)CN3C(=O)c4ccccc4S3(=O)=O)CCCC21C. The second-order valence-corrected chi connectivity index (χ2v) is 13.5. The molecule has 1 saturated carbocycles. The number of fused-ring (bicyclic) bond motifs is 4. The van der Waals surface area contributed by atoms with Gasteiger partial charge < -0.3 is 5.32 Å². The van der Waals surface area contributed by atoms with Gasteiger partial charge in [-0.3, -0.25) is 9.59 Å². The predicted molar refractivity (Wildman–Crippen MR) is 139 cm³/mol. The van der Waals surface area contributed by atoms with Crippen molar-refractivity contribution in [2.45, 2.75) is 76.0 Å². The van der Waals surface area contributed by atoms with Crippen LogP contribution in [0.2, 0.25) is 0 Å². The number of sulfonamides is 1. The van der Waals surface area contributed by atoms with E-state index in [9.17, 15) is 18.0 Å². The van der Waals surface area contributed by atoms with E-state index in [1.807, 2.05) is 0 Å². The van der Waals surface area contributed by atoms with Crippen LogP contribution < -0.4 is 5.32 Å². The number of amides is 2. The van der Waals surface area contributed by atoms with Crippen LogP contribution in [-0.2, 0) is 26.7 Å². The van der Waals surface area contributed by atoms with Crippen LogP contribution in [0.4, 0.5) is 0 Å². The fourth-order valence-corrected chi connectivity index (χ4v) is 8.61. The molecular weight excluding hydrogens is 472 g/mol. The first-order valence-corrected chi connectivity index (χ1v) is 14.5. The topological polar surface area (TPSA) is 83.6 Å². The van der Waals surface area contributed by atoms with E-state index in [0.717, 1.165) is 32.1 Å². The normalized spacial score (nSPS) is 28.4. The molecule has 1 fully saturated rings. The van der Waals surface area contributed by atoms with Crippen molar-refractivity contribution in [3.63, 3.8) is 0 Å². The third kappa shape index (κ3) is 3.87. The van der Waals surface area contributed by atoms with Crippen LogP contribution in [0.15, 0.2) is 47.4 Å². The minimum absolute atomic E-state index is 0.0284. The molecule has 2 amide bonds. The molecular formula is C29H36N2O4S. The molecule has 0 saturated heterocycles. The highest BCUT2D eigenvalue weighted by Crippen LogP contribution is 2.57. The first-order valence-electron chi connectivity index (χ1n) is 13.0.